The minimum Gasteiger partial charge on any atom is -0.394 e. The number of nitriles is 1. The molecule has 0 aromatic carbocycles. The molecule has 0 aliphatic rings. The van der Waals surface area contributed by atoms with Crippen molar-refractivity contribution >= 4 is 34.7 Å². The number of hydrogen-bond donors (Lipinski definition) is 2. The number of thiazole rings is 1. The summed E-state index contributed by atoms with van der Waals surface area (Å²) in [6.07, 6.45) is 2.46. The number of ether oxygens (including phenoxy) is 2. The summed E-state index contributed by atoms with van der Waals surface area (Å²) in [4.78, 5) is 8.79. The van der Waals surface area contributed by atoms with Gasteiger partial charge in [0.15, 0.2) is 5.69 Å². The van der Waals surface area contributed by atoms with Gasteiger partial charge in [-0.05, 0) is 19.9 Å². The molecule has 2 unspecified atom stereocenters. The molecular weight excluding hydrogens is 488 g/mol. The maximum absolute atomic E-state index is 10.0. The highest BCUT2D eigenvalue weighted by Gasteiger charge is 2.31. The molecule has 13 heteroatoms. The van der Waals surface area contributed by atoms with E-state index in [4.69, 9.17) is 21.1 Å². The molecule has 0 spiro atoms. The molecule has 0 radical (unpaired) electrons. The number of thioether (sulfide) groups is 1. The molecule has 3 aromatic rings. The molecular formula is C20H23ClN6O4S2. The van der Waals surface area contributed by atoms with E-state index in [0.29, 0.717) is 22.2 Å². The largest absolute Gasteiger partial charge is 0.394 e. The van der Waals surface area contributed by atoms with E-state index in [9.17, 15) is 15.5 Å². The summed E-state index contributed by atoms with van der Waals surface area (Å²) in [7, 11) is 0. The van der Waals surface area contributed by atoms with Crippen molar-refractivity contribution < 1.29 is 19.7 Å². The molecule has 0 saturated carbocycles. The van der Waals surface area contributed by atoms with Crippen molar-refractivity contribution in [2.45, 2.75) is 49.0 Å². The first kappa shape index (κ1) is 25.5. The number of rotatable bonds is 12. The van der Waals surface area contributed by atoms with Crippen molar-refractivity contribution in [2.75, 3.05) is 13.2 Å². The van der Waals surface area contributed by atoms with Crippen LogP contribution in [0.2, 0.25) is 5.02 Å². The highest BCUT2D eigenvalue weighted by molar-refractivity contribution is 7.99. The van der Waals surface area contributed by atoms with Gasteiger partial charge in [0.05, 0.1) is 30.5 Å². The highest BCUT2D eigenvalue weighted by Crippen LogP contribution is 2.33. The van der Waals surface area contributed by atoms with Gasteiger partial charge in [-0.25, -0.2) is 14.6 Å². The molecule has 0 fully saturated rings. The summed E-state index contributed by atoms with van der Waals surface area (Å²) in [5, 5.41) is 40.5. The lowest BCUT2D eigenvalue weighted by Crippen LogP contribution is -2.40. The lowest BCUT2D eigenvalue weighted by Gasteiger charge is -2.31. The van der Waals surface area contributed by atoms with Gasteiger partial charge in [0, 0.05) is 29.3 Å². The molecule has 0 aliphatic heterocycles. The summed E-state index contributed by atoms with van der Waals surface area (Å²) < 4.78 is 13.6. The second kappa shape index (κ2) is 12.4. The van der Waals surface area contributed by atoms with E-state index in [1.165, 1.54) is 36.2 Å². The first-order chi connectivity index (χ1) is 15.9. The van der Waals surface area contributed by atoms with Crippen molar-refractivity contribution in [3.63, 3.8) is 0 Å². The lowest BCUT2D eigenvalue weighted by molar-refractivity contribution is -0.111. The van der Waals surface area contributed by atoms with Crippen molar-refractivity contribution in [3.8, 4) is 16.8 Å². The van der Waals surface area contributed by atoms with E-state index in [2.05, 4.69) is 20.3 Å². The van der Waals surface area contributed by atoms with Crippen LogP contribution in [0, 0.1) is 11.3 Å². The Morgan fingerprint density at radius 1 is 1.36 bits per heavy atom. The lowest BCUT2D eigenvalue weighted by atomic mass is 10.2. The van der Waals surface area contributed by atoms with Crippen molar-refractivity contribution in [2.24, 2.45) is 0 Å². The number of pyridine rings is 1. The van der Waals surface area contributed by atoms with Gasteiger partial charge >= 0.3 is 0 Å². The number of aliphatic hydroxyl groups is 2. The molecule has 0 saturated heterocycles. The Balaban J connectivity index is 1.89. The Morgan fingerprint density at radius 2 is 2.18 bits per heavy atom. The second-order valence-electron chi connectivity index (χ2n) is 6.85. The van der Waals surface area contributed by atoms with E-state index in [1.807, 2.05) is 18.4 Å². The molecule has 10 nitrogen and oxygen atoms in total. The fourth-order valence-electron chi connectivity index (χ4n) is 2.84. The van der Waals surface area contributed by atoms with E-state index < -0.39 is 30.4 Å². The number of halogens is 1. The smallest absolute Gasteiger partial charge is 0.154 e. The standard InChI is InChI=1S/C20H23ClN6O4S2/c1-3-30-16(10-27-9-15(25-26-27)19-23-4-5-32-19)20(31-17(11-28)12(2)29)33-18-6-13(21)8-24-14(18)7-22/h4-6,8-9,12,16-17,20,28-29H,3,10-11H2,1-2H3/t12-,16+,17?,20?/m1/s1. The van der Waals surface area contributed by atoms with Crippen LogP contribution in [0.15, 0.2) is 34.9 Å². The first-order valence-electron chi connectivity index (χ1n) is 10.0. The molecule has 0 bridgehead atoms. The molecule has 33 heavy (non-hydrogen) atoms. The minimum absolute atomic E-state index is 0.178. The Bertz CT molecular complexity index is 1060. The predicted octanol–water partition coefficient (Wildman–Crippen LogP) is 2.60. The number of aliphatic hydroxyl groups excluding tert-OH is 2. The van der Waals surface area contributed by atoms with Crippen molar-refractivity contribution in [3.05, 3.63) is 40.8 Å². The topological polar surface area (TPSA) is 139 Å². The average molecular weight is 511 g/mol. The second-order valence-corrected chi connectivity index (χ2v) is 9.32. The zero-order valence-corrected chi connectivity index (χ0v) is 20.3. The van der Waals surface area contributed by atoms with Crippen LogP contribution in [0.3, 0.4) is 0 Å². The van der Waals surface area contributed by atoms with E-state index in [-0.39, 0.29) is 12.2 Å². The molecule has 0 aliphatic carbocycles. The van der Waals surface area contributed by atoms with Crippen LogP contribution in [-0.4, -0.2) is 72.1 Å². The molecule has 3 rings (SSSR count). The molecule has 176 valence electrons. The van der Waals surface area contributed by atoms with E-state index >= 15 is 0 Å². The normalized spacial score (nSPS) is 15.0. The first-order valence-corrected chi connectivity index (χ1v) is 12.2. The Hall–Kier alpha value is -2.11. The van der Waals surface area contributed by atoms with Crippen molar-refractivity contribution in [1.82, 2.24) is 25.0 Å². The predicted molar refractivity (Wildman–Crippen MR) is 124 cm³/mol. The van der Waals surface area contributed by atoms with Gasteiger partial charge in [0.1, 0.15) is 34.4 Å². The van der Waals surface area contributed by atoms with Gasteiger partial charge < -0.3 is 19.7 Å². The summed E-state index contributed by atoms with van der Waals surface area (Å²) in [6, 6.07) is 3.65. The Kier molecular flexibility index (Phi) is 9.57. The molecule has 2 N–H and O–H groups in total. The third-order valence-electron chi connectivity index (χ3n) is 4.44. The molecule has 4 atom stereocenters. The number of hydrogen-bond acceptors (Lipinski definition) is 11. The number of nitrogens with zero attached hydrogens (tertiary/aromatic N) is 6. The summed E-state index contributed by atoms with van der Waals surface area (Å²) in [5.74, 6) is 0. The van der Waals surface area contributed by atoms with Crippen LogP contribution in [-0.2, 0) is 16.0 Å². The van der Waals surface area contributed by atoms with Gasteiger partial charge in [-0.1, -0.05) is 28.6 Å². The molecule has 3 aromatic heterocycles. The van der Waals surface area contributed by atoms with Crippen LogP contribution in [0.25, 0.3) is 10.7 Å². The van der Waals surface area contributed by atoms with Crippen LogP contribution in [0.4, 0.5) is 0 Å². The minimum atomic E-state index is -0.934. The third-order valence-corrected chi connectivity index (χ3v) is 6.65. The number of aromatic nitrogens is 5. The Labute approximate surface area is 204 Å². The maximum atomic E-state index is 10.0. The average Bonchev–Trinajstić information content (AvgIpc) is 3.48. The van der Waals surface area contributed by atoms with Crippen LogP contribution >= 0.6 is 34.7 Å². The summed E-state index contributed by atoms with van der Waals surface area (Å²) >= 11 is 8.73. The van der Waals surface area contributed by atoms with E-state index in [0.717, 1.165) is 5.01 Å². The van der Waals surface area contributed by atoms with Gasteiger partial charge in [-0.2, -0.15) is 5.26 Å². The summed E-state index contributed by atoms with van der Waals surface area (Å²) in [5.41, 5.74) is 0.0719. The monoisotopic (exact) mass is 510 g/mol. The molecule has 3 heterocycles. The zero-order valence-electron chi connectivity index (χ0n) is 17.9. The SMILES string of the molecule is CCO[C@@H](Cn1cc(-c2nccs2)nn1)C(OC(CO)[C@@H](C)O)Sc1cc(Cl)cnc1C#N. The zero-order chi connectivity index (χ0) is 23.8. The third kappa shape index (κ3) is 6.94. The quantitative estimate of drug-likeness (QED) is 0.276. The van der Waals surface area contributed by atoms with Gasteiger partial charge in [0.25, 0.3) is 0 Å². The van der Waals surface area contributed by atoms with Crippen LogP contribution in [0.1, 0.15) is 19.5 Å². The van der Waals surface area contributed by atoms with Gasteiger partial charge in [0.2, 0.25) is 0 Å². The van der Waals surface area contributed by atoms with Crippen molar-refractivity contribution in [1.29, 1.82) is 5.26 Å². The molecule has 0 amide bonds. The van der Waals surface area contributed by atoms with Crippen LogP contribution < -0.4 is 0 Å². The van der Waals surface area contributed by atoms with Crippen LogP contribution in [0.5, 0.6) is 0 Å². The fraction of sp³-hybridized carbons (Fsp3) is 0.450. The van der Waals surface area contributed by atoms with E-state index in [1.54, 1.807) is 23.1 Å². The van der Waals surface area contributed by atoms with Gasteiger partial charge in [-0.3, -0.25) is 0 Å². The Morgan fingerprint density at radius 3 is 2.82 bits per heavy atom. The maximum Gasteiger partial charge on any atom is 0.154 e. The fourth-order valence-corrected chi connectivity index (χ4v) is 4.82. The summed E-state index contributed by atoms with van der Waals surface area (Å²) in [6.45, 7) is 3.60. The van der Waals surface area contributed by atoms with Gasteiger partial charge in [-0.15, -0.1) is 16.4 Å². The highest BCUT2D eigenvalue weighted by atomic mass is 35.5.